The van der Waals surface area contributed by atoms with Crippen LogP contribution in [-0.4, -0.2) is 38.1 Å². The number of carbonyl (C=O) groups excluding carboxylic acids is 2. The number of alkyl halides is 5. The van der Waals surface area contributed by atoms with E-state index in [9.17, 15) is 31.5 Å². The molecule has 0 atom stereocenters. The highest BCUT2D eigenvalue weighted by Crippen LogP contribution is 2.38. The fourth-order valence-electron chi connectivity index (χ4n) is 1.49. The summed E-state index contributed by atoms with van der Waals surface area (Å²) >= 11 is 0. The second kappa shape index (κ2) is 5.66. The van der Waals surface area contributed by atoms with E-state index in [4.69, 9.17) is 0 Å². The first-order valence-electron chi connectivity index (χ1n) is 5.44. The number of carbonyl (C=O) groups is 2. The van der Waals surface area contributed by atoms with Crippen LogP contribution in [0, 0.1) is 0 Å². The molecule has 0 unspecified atom stereocenters. The second-order valence-corrected chi connectivity index (χ2v) is 3.95. The van der Waals surface area contributed by atoms with Gasteiger partial charge in [0.05, 0.1) is 18.4 Å². The maximum atomic E-state index is 13.0. The van der Waals surface area contributed by atoms with Crippen LogP contribution in [-0.2, 0) is 9.53 Å². The lowest BCUT2D eigenvalue weighted by Crippen LogP contribution is -2.51. The fraction of sp³-hybridized carbons (Fsp3) is 0.333. The Bertz CT molecular complexity index is 556. The number of halogens is 5. The van der Waals surface area contributed by atoms with Gasteiger partial charge in [0.1, 0.15) is 0 Å². The Labute approximate surface area is 116 Å². The Balaban J connectivity index is 3.24. The van der Waals surface area contributed by atoms with Gasteiger partial charge >= 0.3 is 24.0 Å². The molecule has 116 valence electrons. The van der Waals surface area contributed by atoms with Crippen molar-refractivity contribution in [1.29, 1.82) is 0 Å². The Morgan fingerprint density at radius 3 is 2.10 bits per heavy atom. The van der Waals surface area contributed by atoms with Gasteiger partial charge in [-0.25, -0.2) is 4.79 Å². The lowest BCUT2D eigenvalue weighted by molar-refractivity contribution is -0.268. The first kappa shape index (κ1) is 16.9. The lowest BCUT2D eigenvalue weighted by Gasteiger charge is -2.25. The van der Waals surface area contributed by atoms with Crippen molar-refractivity contribution >= 4 is 17.6 Å². The highest BCUT2D eigenvalue weighted by molar-refractivity contribution is 6.04. The average Bonchev–Trinajstić information content (AvgIpc) is 2.43. The molecule has 0 heterocycles. The SMILES string of the molecule is COC(=O)c1ccccc1N(C)C(=O)C(F)(F)C(F)(F)F. The van der Waals surface area contributed by atoms with Gasteiger partial charge in [-0.3, -0.25) is 4.79 Å². The molecule has 0 saturated carbocycles. The van der Waals surface area contributed by atoms with E-state index < -0.39 is 29.7 Å². The predicted molar refractivity (Wildman–Crippen MR) is 62.2 cm³/mol. The number of rotatable bonds is 3. The van der Waals surface area contributed by atoms with Crippen molar-refractivity contribution in [2.75, 3.05) is 19.1 Å². The molecule has 0 bridgehead atoms. The maximum Gasteiger partial charge on any atom is 0.463 e. The summed E-state index contributed by atoms with van der Waals surface area (Å²) in [6, 6.07) is 4.81. The third-order valence-corrected chi connectivity index (χ3v) is 2.60. The largest absolute Gasteiger partial charge is 0.465 e. The number of ether oxygens (including phenoxy) is 1. The topological polar surface area (TPSA) is 46.6 Å². The van der Waals surface area contributed by atoms with E-state index in [-0.39, 0.29) is 10.5 Å². The minimum Gasteiger partial charge on any atom is -0.465 e. The highest BCUT2D eigenvalue weighted by Gasteiger charge is 2.64. The molecule has 0 N–H and O–H groups in total. The molecular formula is C12H10F5NO3. The third-order valence-electron chi connectivity index (χ3n) is 2.60. The van der Waals surface area contributed by atoms with E-state index >= 15 is 0 Å². The molecule has 21 heavy (non-hydrogen) atoms. The summed E-state index contributed by atoms with van der Waals surface area (Å²) in [7, 11) is 1.72. The van der Waals surface area contributed by atoms with Crippen LogP contribution in [0.1, 0.15) is 10.4 Å². The van der Waals surface area contributed by atoms with Crippen molar-refractivity contribution in [1.82, 2.24) is 0 Å². The molecule has 0 aliphatic rings. The summed E-state index contributed by atoms with van der Waals surface area (Å²) in [4.78, 5) is 22.9. The minimum absolute atomic E-state index is 0.0692. The second-order valence-electron chi connectivity index (χ2n) is 3.95. The van der Waals surface area contributed by atoms with E-state index in [1.54, 1.807) is 0 Å². The summed E-state index contributed by atoms with van der Waals surface area (Å²) in [5.41, 5.74) is -0.730. The van der Waals surface area contributed by atoms with Crippen LogP contribution < -0.4 is 4.90 Å². The number of methoxy groups -OCH3 is 1. The first-order chi connectivity index (χ1) is 9.54. The molecular weight excluding hydrogens is 301 g/mol. The van der Waals surface area contributed by atoms with Crippen molar-refractivity contribution in [2.24, 2.45) is 0 Å². The maximum absolute atomic E-state index is 13.0. The standard InChI is InChI=1S/C12H10F5NO3/c1-18(10(20)11(13,14)12(15,16)17)8-6-4-3-5-7(8)9(19)21-2/h3-6H,1-2H3. The van der Waals surface area contributed by atoms with Gasteiger partial charge in [0.15, 0.2) is 0 Å². The molecule has 0 spiro atoms. The Hall–Kier alpha value is -2.19. The van der Waals surface area contributed by atoms with Crippen LogP contribution in [0.25, 0.3) is 0 Å². The predicted octanol–water partition coefficient (Wildman–Crippen LogP) is 2.63. The normalized spacial score (nSPS) is 12.0. The Morgan fingerprint density at radius 1 is 1.10 bits per heavy atom. The minimum atomic E-state index is -6.03. The smallest absolute Gasteiger partial charge is 0.463 e. The zero-order valence-electron chi connectivity index (χ0n) is 10.9. The molecule has 0 aromatic heterocycles. The van der Waals surface area contributed by atoms with Crippen LogP contribution in [0.5, 0.6) is 0 Å². The Kier molecular flexibility index (Phi) is 4.55. The summed E-state index contributed by atoms with van der Waals surface area (Å²) in [6.07, 6.45) is -6.03. The van der Waals surface area contributed by atoms with Crippen LogP contribution in [0.3, 0.4) is 0 Å². The summed E-state index contributed by atoms with van der Waals surface area (Å²) in [5, 5.41) is 0. The summed E-state index contributed by atoms with van der Waals surface area (Å²) in [6.45, 7) is 0. The summed E-state index contributed by atoms with van der Waals surface area (Å²) in [5.74, 6) is -9.03. The van der Waals surface area contributed by atoms with Crippen molar-refractivity contribution in [3.05, 3.63) is 29.8 Å². The van der Waals surface area contributed by atoms with E-state index in [1.807, 2.05) is 0 Å². The van der Waals surface area contributed by atoms with E-state index in [0.29, 0.717) is 7.05 Å². The Morgan fingerprint density at radius 2 is 1.62 bits per heavy atom. The van der Waals surface area contributed by atoms with E-state index in [2.05, 4.69) is 4.74 Å². The molecule has 0 radical (unpaired) electrons. The molecule has 1 aromatic rings. The molecule has 1 amide bonds. The quantitative estimate of drug-likeness (QED) is 0.637. The number of benzene rings is 1. The van der Waals surface area contributed by atoms with Gasteiger partial charge in [-0.05, 0) is 12.1 Å². The number of anilines is 1. The third kappa shape index (κ3) is 3.11. The van der Waals surface area contributed by atoms with Crippen molar-refractivity contribution in [3.63, 3.8) is 0 Å². The van der Waals surface area contributed by atoms with Gasteiger partial charge in [0, 0.05) is 7.05 Å². The zero-order valence-corrected chi connectivity index (χ0v) is 10.9. The molecule has 0 aliphatic carbocycles. The molecule has 4 nitrogen and oxygen atoms in total. The number of hydrogen-bond donors (Lipinski definition) is 0. The van der Waals surface area contributed by atoms with Gasteiger partial charge in [0.2, 0.25) is 0 Å². The van der Waals surface area contributed by atoms with Gasteiger partial charge < -0.3 is 9.64 Å². The molecule has 0 fully saturated rings. The van der Waals surface area contributed by atoms with Crippen molar-refractivity contribution < 1.29 is 36.3 Å². The molecule has 1 rings (SSSR count). The molecule has 0 saturated heterocycles. The van der Waals surface area contributed by atoms with Crippen LogP contribution >= 0.6 is 0 Å². The van der Waals surface area contributed by atoms with Crippen LogP contribution in [0.4, 0.5) is 27.6 Å². The van der Waals surface area contributed by atoms with Crippen molar-refractivity contribution in [3.8, 4) is 0 Å². The van der Waals surface area contributed by atoms with E-state index in [0.717, 1.165) is 19.2 Å². The lowest BCUT2D eigenvalue weighted by atomic mass is 10.1. The molecule has 1 aromatic carbocycles. The summed E-state index contributed by atoms with van der Waals surface area (Å²) < 4.78 is 67.0. The number of para-hydroxylation sites is 1. The van der Waals surface area contributed by atoms with Gasteiger partial charge in [-0.1, -0.05) is 12.1 Å². The highest BCUT2D eigenvalue weighted by atomic mass is 19.4. The molecule has 9 heteroatoms. The number of esters is 1. The number of amides is 1. The van der Waals surface area contributed by atoms with Gasteiger partial charge in [-0.2, -0.15) is 22.0 Å². The van der Waals surface area contributed by atoms with E-state index in [1.165, 1.54) is 12.1 Å². The monoisotopic (exact) mass is 311 g/mol. The van der Waals surface area contributed by atoms with Crippen LogP contribution in [0.2, 0.25) is 0 Å². The van der Waals surface area contributed by atoms with Crippen LogP contribution in [0.15, 0.2) is 24.3 Å². The zero-order chi connectivity index (χ0) is 16.4. The molecule has 0 aliphatic heterocycles. The van der Waals surface area contributed by atoms with Gasteiger partial charge in [-0.15, -0.1) is 0 Å². The number of nitrogens with zero attached hydrogens (tertiary/aromatic N) is 1. The number of hydrogen-bond acceptors (Lipinski definition) is 3. The average molecular weight is 311 g/mol. The first-order valence-corrected chi connectivity index (χ1v) is 5.44. The fourth-order valence-corrected chi connectivity index (χ4v) is 1.49. The van der Waals surface area contributed by atoms with Crippen molar-refractivity contribution in [2.45, 2.75) is 12.1 Å². The van der Waals surface area contributed by atoms with Gasteiger partial charge in [0.25, 0.3) is 0 Å².